The molecule has 0 aliphatic rings. The van der Waals surface area contributed by atoms with Crippen molar-refractivity contribution < 1.29 is 4.74 Å². The molecule has 8 nitrogen and oxygen atoms in total. The van der Waals surface area contributed by atoms with Crippen molar-refractivity contribution in [3.8, 4) is 22.7 Å². The van der Waals surface area contributed by atoms with Crippen LogP contribution in [0.1, 0.15) is 27.9 Å². The third-order valence-corrected chi connectivity index (χ3v) is 8.36. The predicted molar refractivity (Wildman–Crippen MR) is 176 cm³/mol. The number of rotatable bonds is 8. The van der Waals surface area contributed by atoms with E-state index in [9.17, 15) is 9.59 Å². The number of aryl methyl sites for hydroxylation is 1. The minimum absolute atomic E-state index is 0.225. The van der Waals surface area contributed by atoms with Crippen LogP contribution in [-0.4, -0.2) is 24.4 Å². The molecule has 0 amide bonds. The van der Waals surface area contributed by atoms with Crippen LogP contribution in [0.3, 0.4) is 0 Å². The molecule has 45 heavy (non-hydrogen) atoms. The maximum absolute atomic E-state index is 13.6. The Bertz CT molecular complexity index is 2300. The molecule has 0 N–H and O–H groups in total. The fraction of sp³-hybridized carbons (Fsp3) is 0.0833. The Labute approximate surface area is 262 Å². The van der Waals surface area contributed by atoms with Crippen molar-refractivity contribution in [2.45, 2.75) is 20.0 Å². The number of benzene rings is 4. The van der Waals surface area contributed by atoms with Gasteiger partial charge in [-0.2, -0.15) is 19.7 Å². The molecular formula is C36H27N5O3S. The SMILES string of the molecule is Cc1cc(-c2nn(-c3ccccc3)cc2C=c2sc3nc(=O)c(Cc4ccccc4)nn3c2=O)ccc1OCc1ccccc1. The summed E-state index contributed by atoms with van der Waals surface area (Å²) in [5.74, 6) is 0.787. The van der Waals surface area contributed by atoms with Crippen molar-refractivity contribution in [3.63, 3.8) is 0 Å². The first-order valence-electron chi connectivity index (χ1n) is 14.4. The van der Waals surface area contributed by atoms with Gasteiger partial charge in [0, 0.05) is 23.7 Å². The first-order valence-corrected chi connectivity index (χ1v) is 15.2. The van der Waals surface area contributed by atoms with Gasteiger partial charge in [-0.3, -0.25) is 9.59 Å². The monoisotopic (exact) mass is 609 g/mol. The Kier molecular flexibility index (Phi) is 7.59. The van der Waals surface area contributed by atoms with Gasteiger partial charge in [-0.25, -0.2) is 4.68 Å². The maximum atomic E-state index is 13.6. The average Bonchev–Trinajstić information content (AvgIpc) is 3.62. The molecule has 4 aromatic carbocycles. The van der Waals surface area contributed by atoms with Crippen LogP contribution in [0.4, 0.5) is 0 Å². The van der Waals surface area contributed by atoms with Crippen molar-refractivity contribution in [2.75, 3.05) is 0 Å². The first kappa shape index (κ1) is 28.1. The molecule has 9 heteroatoms. The van der Waals surface area contributed by atoms with E-state index in [1.165, 1.54) is 4.52 Å². The molecule has 0 aliphatic heterocycles. The Morgan fingerprint density at radius 3 is 2.22 bits per heavy atom. The normalized spacial score (nSPS) is 11.7. The number of thiazole rings is 1. The van der Waals surface area contributed by atoms with Crippen LogP contribution in [0, 0.1) is 6.92 Å². The van der Waals surface area contributed by atoms with Crippen molar-refractivity contribution >= 4 is 22.4 Å². The molecule has 0 aliphatic carbocycles. The van der Waals surface area contributed by atoms with Crippen LogP contribution in [0.2, 0.25) is 0 Å². The summed E-state index contributed by atoms with van der Waals surface area (Å²) in [5.41, 5.74) is 5.64. The molecule has 220 valence electrons. The van der Waals surface area contributed by atoms with Gasteiger partial charge >= 0.3 is 0 Å². The zero-order chi connectivity index (χ0) is 30.8. The largest absolute Gasteiger partial charge is 0.489 e. The quantitative estimate of drug-likeness (QED) is 0.230. The molecule has 0 bridgehead atoms. The minimum atomic E-state index is -0.436. The summed E-state index contributed by atoms with van der Waals surface area (Å²) in [6.45, 7) is 2.48. The van der Waals surface area contributed by atoms with Gasteiger partial charge in [0.1, 0.15) is 23.7 Å². The zero-order valence-corrected chi connectivity index (χ0v) is 25.1. The highest BCUT2D eigenvalue weighted by molar-refractivity contribution is 7.15. The van der Waals surface area contributed by atoms with E-state index in [1.54, 1.807) is 10.8 Å². The number of para-hydroxylation sites is 1. The van der Waals surface area contributed by atoms with Crippen molar-refractivity contribution in [1.82, 2.24) is 24.4 Å². The predicted octanol–water partition coefficient (Wildman–Crippen LogP) is 5.39. The van der Waals surface area contributed by atoms with Crippen molar-refractivity contribution in [1.29, 1.82) is 0 Å². The van der Waals surface area contributed by atoms with Gasteiger partial charge in [-0.15, -0.1) is 0 Å². The topological polar surface area (TPSA) is 91.4 Å². The molecule has 3 aromatic heterocycles. The van der Waals surface area contributed by atoms with E-state index in [-0.39, 0.29) is 16.2 Å². The van der Waals surface area contributed by atoms with E-state index in [0.717, 1.165) is 50.6 Å². The Hall–Kier alpha value is -5.67. The Morgan fingerprint density at radius 1 is 0.822 bits per heavy atom. The van der Waals surface area contributed by atoms with Gasteiger partial charge in [0.15, 0.2) is 0 Å². The third kappa shape index (κ3) is 5.93. The highest BCUT2D eigenvalue weighted by Gasteiger charge is 2.16. The van der Waals surface area contributed by atoms with Crippen LogP contribution >= 0.6 is 11.3 Å². The second kappa shape index (κ2) is 12.1. The number of hydrogen-bond donors (Lipinski definition) is 0. The van der Waals surface area contributed by atoms with E-state index in [2.05, 4.69) is 10.1 Å². The van der Waals surface area contributed by atoms with Crippen LogP contribution in [-0.2, 0) is 13.0 Å². The molecule has 0 atom stereocenters. The minimum Gasteiger partial charge on any atom is -0.489 e. The standard InChI is InChI=1S/C36H27N5O3S/c1-24-19-27(17-18-31(24)44-23-26-13-7-3-8-14-26)33-28(22-40(39-33)29-15-9-4-10-16-29)21-32-35(43)41-36(45-32)37-34(42)30(38-41)20-25-11-5-2-6-12-25/h2-19,21-22H,20,23H2,1H3. The molecule has 0 saturated heterocycles. The molecule has 0 radical (unpaired) electrons. The lowest BCUT2D eigenvalue weighted by Crippen LogP contribution is -2.28. The van der Waals surface area contributed by atoms with Gasteiger partial charge in [0.2, 0.25) is 4.96 Å². The van der Waals surface area contributed by atoms with E-state index >= 15 is 0 Å². The molecule has 0 saturated carbocycles. The lowest BCUT2D eigenvalue weighted by Gasteiger charge is -2.10. The lowest BCUT2D eigenvalue weighted by molar-refractivity contribution is 0.304. The van der Waals surface area contributed by atoms with Crippen LogP contribution in [0.25, 0.3) is 28.0 Å². The van der Waals surface area contributed by atoms with E-state index < -0.39 is 5.56 Å². The lowest BCUT2D eigenvalue weighted by atomic mass is 10.0. The maximum Gasteiger partial charge on any atom is 0.296 e. The number of hydrogen-bond acceptors (Lipinski definition) is 7. The van der Waals surface area contributed by atoms with Crippen LogP contribution in [0.5, 0.6) is 5.75 Å². The summed E-state index contributed by atoms with van der Waals surface area (Å²) >= 11 is 1.13. The molecule has 7 rings (SSSR count). The smallest absolute Gasteiger partial charge is 0.296 e. The fourth-order valence-electron chi connectivity index (χ4n) is 5.11. The van der Waals surface area contributed by atoms with E-state index in [4.69, 9.17) is 9.84 Å². The van der Waals surface area contributed by atoms with E-state index in [1.807, 2.05) is 122 Å². The number of aromatic nitrogens is 5. The summed E-state index contributed by atoms with van der Waals surface area (Å²) in [6.07, 6.45) is 3.99. The number of ether oxygens (including phenoxy) is 1. The highest BCUT2D eigenvalue weighted by atomic mass is 32.1. The summed E-state index contributed by atoms with van der Waals surface area (Å²) in [5, 5.41) is 9.34. The number of nitrogens with zero attached hydrogens (tertiary/aromatic N) is 5. The molecule has 0 fully saturated rings. The first-order chi connectivity index (χ1) is 22.0. The second-order valence-corrected chi connectivity index (χ2v) is 11.6. The summed E-state index contributed by atoms with van der Waals surface area (Å²) in [6, 6.07) is 35.3. The molecule has 3 heterocycles. The van der Waals surface area contributed by atoms with Gasteiger partial charge < -0.3 is 4.74 Å². The van der Waals surface area contributed by atoms with Gasteiger partial charge in [-0.05, 0) is 60.0 Å². The molecule has 0 spiro atoms. The average molecular weight is 610 g/mol. The fourth-order valence-corrected chi connectivity index (χ4v) is 6.00. The molecular weight excluding hydrogens is 582 g/mol. The summed E-state index contributed by atoms with van der Waals surface area (Å²) < 4.78 is 9.53. The third-order valence-electron chi connectivity index (χ3n) is 7.40. The Morgan fingerprint density at radius 2 is 1.51 bits per heavy atom. The molecule has 0 unspecified atom stereocenters. The summed E-state index contributed by atoms with van der Waals surface area (Å²) in [7, 11) is 0. The highest BCUT2D eigenvalue weighted by Crippen LogP contribution is 2.29. The molecule has 7 aromatic rings. The second-order valence-electron chi connectivity index (χ2n) is 10.6. The van der Waals surface area contributed by atoms with Crippen LogP contribution in [0.15, 0.2) is 125 Å². The number of fused-ring (bicyclic) bond motifs is 1. The zero-order valence-electron chi connectivity index (χ0n) is 24.3. The van der Waals surface area contributed by atoms with Crippen molar-refractivity contribution in [3.05, 3.63) is 169 Å². The van der Waals surface area contributed by atoms with Crippen molar-refractivity contribution in [2.24, 2.45) is 0 Å². The van der Waals surface area contributed by atoms with Crippen LogP contribution < -0.4 is 20.4 Å². The Balaban J connectivity index is 1.29. The van der Waals surface area contributed by atoms with Gasteiger partial charge in [0.25, 0.3) is 11.1 Å². The summed E-state index contributed by atoms with van der Waals surface area (Å²) in [4.78, 5) is 30.8. The van der Waals surface area contributed by atoms with Gasteiger partial charge in [0.05, 0.1) is 10.2 Å². The van der Waals surface area contributed by atoms with E-state index in [0.29, 0.717) is 23.3 Å². The van der Waals surface area contributed by atoms with Gasteiger partial charge in [-0.1, -0.05) is 90.2 Å².